The van der Waals surface area contributed by atoms with Gasteiger partial charge in [0.2, 0.25) is 0 Å². The second-order valence-electron chi connectivity index (χ2n) is 4.56. The van der Waals surface area contributed by atoms with Crippen LogP contribution in [0.25, 0.3) is 11.0 Å². The summed E-state index contributed by atoms with van der Waals surface area (Å²) in [5, 5.41) is 8.04. The average Bonchev–Trinajstić information content (AvgIpc) is 2.74. The van der Waals surface area contributed by atoms with Gasteiger partial charge in [0.05, 0.1) is 11.7 Å². The third-order valence-corrected chi connectivity index (χ3v) is 3.48. The fourth-order valence-corrected chi connectivity index (χ4v) is 2.50. The number of piperidine rings is 1. The Morgan fingerprint density at radius 3 is 2.88 bits per heavy atom. The molecular formula is C12H16N4. The quantitative estimate of drug-likeness (QED) is 0.727. The van der Waals surface area contributed by atoms with Crippen LogP contribution in [0.3, 0.4) is 0 Å². The molecule has 0 atom stereocenters. The van der Waals surface area contributed by atoms with Crippen molar-refractivity contribution in [2.45, 2.75) is 18.9 Å². The van der Waals surface area contributed by atoms with Gasteiger partial charge >= 0.3 is 0 Å². The van der Waals surface area contributed by atoms with Crippen molar-refractivity contribution in [2.24, 2.45) is 0 Å². The van der Waals surface area contributed by atoms with Gasteiger partial charge < -0.3 is 9.47 Å². The molecule has 16 heavy (non-hydrogen) atoms. The Hall–Kier alpha value is -1.42. The first-order valence-electron chi connectivity index (χ1n) is 5.81. The van der Waals surface area contributed by atoms with Crippen molar-refractivity contribution in [3.63, 3.8) is 0 Å². The number of nitrogens with zero attached hydrogens (tertiary/aromatic N) is 4. The standard InChI is InChI=1S/C12H16N4/c1-15-7-3-10(4-8-15)16-9-5-11-12(16)2-6-13-14-11/h2,5-6,9-10H,3-4,7-8H2,1H3. The highest BCUT2D eigenvalue weighted by Gasteiger charge is 2.19. The highest BCUT2D eigenvalue weighted by Crippen LogP contribution is 2.25. The van der Waals surface area contributed by atoms with E-state index in [9.17, 15) is 0 Å². The van der Waals surface area contributed by atoms with Crippen LogP contribution in [0.1, 0.15) is 18.9 Å². The van der Waals surface area contributed by atoms with E-state index >= 15 is 0 Å². The van der Waals surface area contributed by atoms with Crippen molar-refractivity contribution >= 4 is 11.0 Å². The Kier molecular flexibility index (Phi) is 2.36. The summed E-state index contributed by atoms with van der Waals surface area (Å²) in [7, 11) is 2.19. The van der Waals surface area contributed by atoms with Crippen LogP contribution in [0.2, 0.25) is 0 Å². The second-order valence-corrected chi connectivity index (χ2v) is 4.56. The van der Waals surface area contributed by atoms with Crippen LogP contribution in [-0.4, -0.2) is 39.8 Å². The number of fused-ring (bicyclic) bond motifs is 1. The maximum atomic E-state index is 4.13. The third-order valence-electron chi connectivity index (χ3n) is 3.48. The van der Waals surface area contributed by atoms with Gasteiger partial charge in [-0.25, -0.2) is 0 Å². The van der Waals surface area contributed by atoms with Gasteiger partial charge in [0.1, 0.15) is 5.52 Å². The van der Waals surface area contributed by atoms with Gasteiger partial charge in [-0.15, -0.1) is 5.10 Å². The first-order valence-corrected chi connectivity index (χ1v) is 5.81. The Morgan fingerprint density at radius 1 is 1.25 bits per heavy atom. The molecule has 0 aliphatic carbocycles. The SMILES string of the molecule is CN1CCC(n2ccc3nnccc32)CC1. The number of rotatable bonds is 1. The van der Waals surface area contributed by atoms with E-state index in [2.05, 4.69) is 45.0 Å². The smallest absolute Gasteiger partial charge is 0.111 e. The molecule has 1 fully saturated rings. The molecule has 4 heteroatoms. The van der Waals surface area contributed by atoms with E-state index in [1.54, 1.807) is 6.20 Å². The number of hydrogen-bond donors (Lipinski definition) is 0. The summed E-state index contributed by atoms with van der Waals surface area (Å²) in [6.07, 6.45) is 6.37. The maximum Gasteiger partial charge on any atom is 0.111 e. The Bertz CT molecular complexity index is 482. The van der Waals surface area contributed by atoms with Gasteiger partial charge in [-0.1, -0.05) is 0 Å². The van der Waals surface area contributed by atoms with Gasteiger partial charge in [-0.05, 0) is 45.1 Å². The zero-order chi connectivity index (χ0) is 11.0. The van der Waals surface area contributed by atoms with Crippen molar-refractivity contribution < 1.29 is 0 Å². The van der Waals surface area contributed by atoms with E-state index in [0.29, 0.717) is 6.04 Å². The fraction of sp³-hybridized carbons (Fsp3) is 0.500. The molecule has 0 radical (unpaired) electrons. The molecule has 84 valence electrons. The van der Waals surface area contributed by atoms with Gasteiger partial charge in [-0.2, -0.15) is 5.10 Å². The molecule has 1 aliphatic rings. The van der Waals surface area contributed by atoms with E-state index in [4.69, 9.17) is 0 Å². The van der Waals surface area contributed by atoms with Crippen molar-refractivity contribution in [3.05, 3.63) is 24.5 Å². The molecule has 3 heterocycles. The Morgan fingerprint density at radius 2 is 2.06 bits per heavy atom. The van der Waals surface area contributed by atoms with E-state index in [0.717, 1.165) is 5.52 Å². The van der Waals surface area contributed by atoms with Gasteiger partial charge in [0.25, 0.3) is 0 Å². The van der Waals surface area contributed by atoms with Crippen molar-refractivity contribution in [1.82, 2.24) is 19.7 Å². The molecule has 0 unspecified atom stereocenters. The van der Waals surface area contributed by atoms with Gasteiger partial charge in [0.15, 0.2) is 0 Å². The molecule has 0 spiro atoms. The normalized spacial score (nSPS) is 19.3. The first kappa shape index (κ1) is 9.78. The summed E-state index contributed by atoms with van der Waals surface area (Å²) >= 11 is 0. The molecule has 4 nitrogen and oxygen atoms in total. The molecule has 0 N–H and O–H groups in total. The summed E-state index contributed by atoms with van der Waals surface area (Å²) < 4.78 is 2.36. The average molecular weight is 216 g/mol. The topological polar surface area (TPSA) is 34.0 Å². The number of hydrogen-bond acceptors (Lipinski definition) is 3. The van der Waals surface area contributed by atoms with Crippen molar-refractivity contribution in [1.29, 1.82) is 0 Å². The molecule has 1 saturated heterocycles. The van der Waals surface area contributed by atoms with Crippen molar-refractivity contribution in [2.75, 3.05) is 20.1 Å². The van der Waals surface area contributed by atoms with Crippen LogP contribution in [0, 0.1) is 0 Å². The summed E-state index contributed by atoms with van der Waals surface area (Å²) in [5.41, 5.74) is 2.21. The van der Waals surface area contributed by atoms with Crippen LogP contribution in [0.5, 0.6) is 0 Å². The van der Waals surface area contributed by atoms with E-state index < -0.39 is 0 Å². The monoisotopic (exact) mass is 216 g/mol. The third kappa shape index (κ3) is 1.59. The largest absolute Gasteiger partial charge is 0.343 e. The lowest BCUT2D eigenvalue weighted by Crippen LogP contribution is -2.31. The number of likely N-dealkylation sites (tertiary alicyclic amines) is 1. The maximum absolute atomic E-state index is 4.13. The fourth-order valence-electron chi connectivity index (χ4n) is 2.50. The highest BCUT2D eigenvalue weighted by molar-refractivity contribution is 5.74. The minimum atomic E-state index is 0.623. The van der Waals surface area contributed by atoms with E-state index in [1.165, 1.54) is 31.4 Å². The zero-order valence-corrected chi connectivity index (χ0v) is 9.50. The van der Waals surface area contributed by atoms with E-state index in [-0.39, 0.29) is 0 Å². The van der Waals surface area contributed by atoms with Crippen LogP contribution < -0.4 is 0 Å². The molecule has 0 bridgehead atoms. The summed E-state index contributed by atoms with van der Waals surface area (Å²) in [6.45, 7) is 2.37. The molecule has 2 aromatic rings. The minimum Gasteiger partial charge on any atom is -0.343 e. The lowest BCUT2D eigenvalue weighted by Gasteiger charge is -2.30. The summed E-state index contributed by atoms with van der Waals surface area (Å²) in [4.78, 5) is 2.39. The molecule has 3 rings (SSSR count). The highest BCUT2D eigenvalue weighted by atomic mass is 15.1. The molecule has 0 aromatic carbocycles. The lowest BCUT2D eigenvalue weighted by atomic mass is 10.1. The molecule has 1 aliphatic heterocycles. The van der Waals surface area contributed by atoms with Crippen molar-refractivity contribution in [3.8, 4) is 0 Å². The second kappa shape index (κ2) is 3.87. The minimum absolute atomic E-state index is 0.623. The number of aromatic nitrogens is 3. The first-order chi connectivity index (χ1) is 7.84. The van der Waals surface area contributed by atoms with Gasteiger partial charge in [-0.3, -0.25) is 0 Å². The lowest BCUT2D eigenvalue weighted by molar-refractivity contribution is 0.224. The summed E-state index contributed by atoms with van der Waals surface area (Å²) in [6, 6.07) is 4.74. The predicted octanol–water partition coefficient (Wildman–Crippen LogP) is 1.70. The van der Waals surface area contributed by atoms with Crippen LogP contribution >= 0.6 is 0 Å². The van der Waals surface area contributed by atoms with Crippen LogP contribution in [0.4, 0.5) is 0 Å². The predicted molar refractivity (Wildman–Crippen MR) is 63.3 cm³/mol. The van der Waals surface area contributed by atoms with Crippen LogP contribution in [0.15, 0.2) is 24.5 Å². The molecular weight excluding hydrogens is 200 g/mol. The Balaban J connectivity index is 1.94. The molecule has 2 aromatic heterocycles. The van der Waals surface area contributed by atoms with Gasteiger partial charge in [0, 0.05) is 12.2 Å². The van der Waals surface area contributed by atoms with Crippen LogP contribution in [-0.2, 0) is 0 Å². The zero-order valence-electron chi connectivity index (χ0n) is 9.50. The summed E-state index contributed by atoms with van der Waals surface area (Å²) in [5.74, 6) is 0. The Labute approximate surface area is 94.9 Å². The van der Waals surface area contributed by atoms with E-state index in [1.807, 2.05) is 0 Å². The molecule has 0 amide bonds. The molecule has 0 saturated carbocycles.